The van der Waals surface area contributed by atoms with Crippen molar-refractivity contribution in [1.29, 1.82) is 0 Å². The van der Waals surface area contributed by atoms with E-state index in [4.69, 9.17) is 4.98 Å². The topological polar surface area (TPSA) is 53.9 Å². The molecule has 1 N–H and O–H groups in total. The zero-order chi connectivity index (χ0) is 15.4. The highest BCUT2D eigenvalue weighted by Gasteiger charge is 2.20. The van der Waals surface area contributed by atoms with Gasteiger partial charge in [0.2, 0.25) is 0 Å². The maximum atomic E-state index is 4.75. The molecule has 3 heterocycles. The minimum atomic E-state index is 0.548. The molecule has 1 aliphatic heterocycles. The van der Waals surface area contributed by atoms with Crippen LogP contribution in [0.1, 0.15) is 25.5 Å². The van der Waals surface area contributed by atoms with Crippen LogP contribution in [0.4, 0.5) is 5.82 Å². The molecule has 0 aromatic carbocycles. The van der Waals surface area contributed by atoms with Crippen LogP contribution in [0.15, 0.2) is 30.5 Å². The van der Waals surface area contributed by atoms with Crippen LogP contribution in [0.25, 0.3) is 11.5 Å². The largest absolute Gasteiger partial charge is 0.354 e. The van der Waals surface area contributed by atoms with Gasteiger partial charge >= 0.3 is 0 Å². The van der Waals surface area contributed by atoms with Crippen molar-refractivity contribution in [3.05, 3.63) is 36.2 Å². The maximum Gasteiger partial charge on any atom is 0.180 e. The first-order valence-electron chi connectivity index (χ1n) is 8.01. The van der Waals surface area contributed by atoms with Gasteiger partial charge in [-0.2, -0.15) is 0 Å². The Bertz CT molecular complexity index is 612. The molecule has 0 amide bonds. The smallest absolute Gasteiger partial charge is 0.180 e. The Kier molecular flexibility index (Phi) is 4.63. The molecule has 1 atom stereocenters. The average molecular weight is 297 g/mol. The Hall–Kier alpha value is -2.01. The van der Waals surface area contributed by atoms with E-state index in [-0.39, 0.29) is 0 Å². The lowest BCUT2D eigenvalue weighted by molar-refractivity contribution is 0.429. The number of rotatable bonds is 4. The summed E-state index contributed by atoms with van der Waals surface area (Å²) in [6.07, 6.45) is 4.18. The van der Waals surface area contributed by atoms with Gasteiger partial charge in [0.05, 0.1) is 0 Å². The second kappa shape index (κ2) is 6.83. The monoisotopic (exact) mass is 297 g/mol. The molecule has 5 nitrogen and oxygen atoms in total. The molecule has 0 unspecified atom stereocenters. The van der Waals surface area contributed by atoms with Gasteiger partial charge in [-0.1, -0.05) is 19.4 Å². The number of nitrogens with one attached hydrogen (secondary N) is 1. The summed E-state index contributed by atoms with van der Waals surface area (Å²) in [6.45, 7) is 7.24. The second-order valence-electron chi connectivity index (χ2n) is 5.79. The number of hydrogen-bond donors (Lipinski definition) is 1. The molecule has 1 fully saturated rings. The van der Waals surface area contributed by atoms with E-state index in [2.05, 4.69) is 33.2 Å². The van der Waals surface area contributed by atoms with E-state index >= 15 is 0 Å². The summed E-state index contributed by atoms with van der Waals surface area (Å²) in [5, 5.41) is 3.58. The first-order chi connectivity index (χ1) is 10.8. The first kappa shape index (κ1) is 14.9. The minimum Gasteiger partial charge on any atom is -0.354 e. The van der Waals surface area contributed by atoms with Gasteiger partial charge in [-0.3, -0.25) is 4.98 Å². The predicted molar refractivity (Wildman–Crippen MR) is 88.9 cm³/mol. The summed E-state index contributed by atoms with van der Waals surface area (Å²) in [7, 11) is 0. The summed E-state index contributed by atoms with van der Waals surface area (Å²) < 4.78 is 0. The number of aryl methyl sites for hydroxylation is 1. The van der Waals surface area contributed by atoms with E-state index in [9.17, 15) is 0 Å². The molecule has 5 heteroatoms. The zero-order valence-electron chi connectivity index (χ0n) is 13.3. The molecule has 1 saturated heterocycles. The van der Waals surface area contributed by atoms with Crippen LogP contribution in [0.5, 0.6) is 0 Å². The van der Waals surface area contributed by atoms with E-state index in [1.807, 2.05) is 25.1 Å². The molecule has 0 radical (unpaired) electrons. The van der Waals surface area contributed by atoms with Crippen molar-refractivity contribution in [3.63, 3.8) is 0 Å². The fraction of sp³-hybridized carbons (Fsp3) is 0.471. The van der Waals surface area contributed by atoms with Gasteiger partial charge in [-0.05, 0) is 25.5 Å². The fourth-order valence-corrected chi connectivity index (χ4v) is 2.90. The van der Waals surface area contributed by atoms with Crippen molar-refractivity contribution in [1.82, 2.24) is 20.3 Å². The summed E-state index contributed by atoms with van der Waals surface area (Å²) in [5.74, 6) is 1.72. The standard InChI is InChI=1S/C17H23N5/c1-3-6-14-12-22(10-9-18-14)16-11-13(2)20-17(21-16)15-7-4-5-8-19-15/h4-5,7-8,11,14,18H,3,6,9-10,12H2,1-2H3/t14-/m0/s1. The zero-order valence-corrected chi connectivity index (χ0v) is 13.3. The van der Waals surface area contributed by atoms with Crippen LogP contribution >= 0.6 is 0 Å². The lowest BCUT2D eigenvalue weighted by Gasteiger charge is -2.34. The van der Waals surface area contributed by atoms with E-state index in [1.165, 1.54) is 12.8 Å². The van der Waals surface area contributed by atoms with Crippen LogP contribution in [0.3, 0.4) is 0 Å². The molecule has 0 spiro atoms. The van der Waals surface area contributed by atoms with Crippen LogP contribution in [0.2, 0.25) is 0 Å². The number of aromatic nitrogens is 3. The molecule has 0 saturated carbocycles. The van der Waals surface area contributed by atoms with Gasteiger partial charge in [0.15, 0.2) is 5.82 Å². The molecule has 3 rings (SSSR count). The summed E-state index contributed by atoms with van der Waals surface area (Å²) >= 11 is 0. The lowest BCUT2D eigenvalue weighted by Crippen LogP contribution is -2.51. The summed E-state index contributed by atoms with van der Waals surface area (Å²) in [6, 6.07) is 8.45. The molecule has 2 aromatic rings. The third-order valence-electron chi connectivity index (χ3n) is 3.95. The molecule has 1 aliphatic rings. The van der Waals surface area contributed by atoms with Gasteiger partial charge < -0.3 is 10.2 Å². The van der Waals surface area contributed by atoms with E-state index in [1.54, 1.807) is 6.20 Å². The van der Waals surface area contributed by atoms with Crippen LogP contribution in [-0.2, 0) is 0 Å². The Morgan fingerprint density at radius 3 is 3.00 bits per heavy atom. The number of hydrogen-bond acceptors (Lipinski definition) is 5. The molecule has 0 aliphatic carbocycles. The highest BCUT2D eigenvalue weighted by molar-refractivity contribution is 5.53. The Morgan fingerprint density at radius 1 is 1.32 bits per heavy atom. The first-order valence-corrected chi connectivity index (χ1v) is 8.01. The van der Waals surface area contributed by atoms with E-state index < -0.39 is 0 Å². The summed E-state index contributed by atoms with van der Waals surface area (Å²) in [5.41, 5.74) is 1.81. The van der Waals surface area contributed by atoms with Crippen molar-refractivity contribution in [2.45, 2.75) is 32.7 Å². The third kappa shape index (κ3) is 3.42. The van der Waals surface area contributed by atoms with Crippen LogP contribution in [0, 0.1) is 6.92 Å². The normalized spacial score (nSPS) is 18.5. The number of pyridine rings is 1. The molecule has 22 heavy (non-hydrogen) atoms. The van der Waals surface area contributed by atoms with Gasteiger partial charge in [-0.15, -0.1) is 0 Å². The van der Waals surface area contributed by atoms with Crippen LogP contribution in [-0.4, -0.2) is 40.6 Å². The Labute approximate surface area is 131 Å². The van der Waals surface area contributed by atoms with Crippen molar-refractivity contribution in [2.24, 2.45) is 0 Å². The molecular weight excluding hydrogens is 274 g/mol. The predicted octanol–water partition coefficient (Wildman–Crippen LogP) is 2.43. The van der Waals surface area contributed by atoms with E-state index in [0.29, 0.717) is 11.9 Å². The van der Waals surface area contributed by atoms with Crippen molar-refractivity contribution < 1.29 is 0 Å². The van der Waals surface area contributed by atoms with Gasteiger partial charge in [0.25, 0.3) is 0 Å². The third-order valence-corrected chi connectivity index (χ3v) is 3.95. The number of piperazine rings is 1. The van der Waals surface area contributed by atoms with E-state index in [0.717, 1.165) is 36.8 Å². The molecule has 116 valence electrons. The Morgan fingerprint density at radius 2 is 2.23 bits per heavy atom. The number of anilines is 1. The van der Waals surface area contributed by atoms with Crippen molar-refractivity contribution in [2.75, 3.05) is 24.5 Å². The maximum absolute atomic E-state index is 4.75. The minimum absolute atomic E-state index is 0.548. The van der Waals surface area contributed by atoms with Crippen molar-refractivity contribution in [3.8, 4) is 11.5 Å². The fourth-order valence-electron chi connectivity index (χ4n) is 2.90. The highest BCUT2D eigenvalue weighted by Crippen LogP contribution is 2.20. The lowest BCUT2D eigenvalue weighted by atomic mass is 10.1. The highest BCUT2D eigenvalue weighted by atomic mass is 15.2. The molecule has 0 bridgehead atoms. The van der Waals surface area contributed by atoms with Gasteiger partial charge in [-0.25, -0.2) is 9.97 Å². The van der Waals surface area contributed by atoms with Crippen molar-refractivity contribution >= 4 is 5.82 Å². The van der Waals surface area contributed by atoms with Gasteiger partial charge in [0.1, 0.15) is 11.5 Å². The molecule has 2 aromatic heterocycles. The Balaban J connectivity index is 1.86. The van der Waals surface area contributed by atoms with Gasteiger partial charge in [0, 0.05) is 43.6 Å². The average Bonchev–Trinajstić information content (AvgIpc) is 2.56. The number of nitrogens with zero attached hydrogens (tertiary/aromatic N) is 4. The summed E-state index contributed by atoms with van der Waals surface area (Å²) in [4.78, 5) is 16.0. The molecular formula is C17H23N5. The quantitative estimate of drug-likeness (QED) is 0.939. The SMILES string of the molecule is CCC[C@H]1CN(c2cc(C)nc(-c3ccccn3)n2)CCN1. The van der Waals surface area contributed by atoms with Crippen LogP contribution < -0.4 is 10.2 Å². The second-order valence-corrected chi connectivity index (χ2v) is 5.79.